The predicted molar refractivity (Wildman–Crippen MR) is 100 cm³/mol. The van der Waals surface area contributed by atoms with Crippen LogP contribution >= 0.6 is 0 Å². The van der Waals surface area contributed by atoms with Gasteiger partial charge in [-0.05, 0) is 31.4 Å². The summed E-state index contributed by atoms with van der Waals surface area (Å²) in [5.41, 5.74) is 3.99. The van der Waals surface area contributed by atoms with Crippen LogP contribution in [0.5, 0.6) is 0 Å². The highest BCUT2D eigenvalue weighted by Gasteiger charge is 2.21. The number of urea groups is 1. The van der Waals surface area contributed by atoms with Gasteiger partial charge in [0, 0.05) is 37.3 Å². The van der Waals surface area contributed by atoms with Crippen molar-refractivity contribution in [3.63, 3.8) is 0 Å². The maximum atomic E-state index is 12.4. The number of hydrogen-bond donors (Lipinski definition) is 1. The first-order valence-corrected chi connectivity index (χ1v) is 9.25. The average molecular weight is 365 g/mol. The second-order valence-electron chi connectivity index (χ2n) is 6.88. The van der Waals surface area contributed by atoms with Crippen molar-refractivity contribution in [2.75, 3.05) is 7.05 Å². The van der Waals surface area contributed by atoms with E-state index in [9.17, 15) is 4.79 Å². The Morgan fingerprint density at radius 1 is 1.26 bits per heavy atom. The third kappa shape index (κ3) is 3.86. The van der Waals surface area contributed by atoms with Crippen LogP contribution in [0.25, 0.3) is 5.69 Å². The second kappa shape index (κ2) is 7.65. The number of aromatic nitrogens is 3. The monoisotopic (exact) mass is 365 g/mol. The molecule has 3 aromatic rings. The number of para-hydroxylation sites is 1. The molecule has 0 saturated heterocycles. The van der Waals surface area contributed by atoms with Crippen LogP contribution in [-0.2, 0) is 25.9 Å². The predicted octanol–water partition coefficient (Wildman–Crippen LogP) is 3.08. The molecule has 1 aromatic carbocycles. The van der Waals surface area contributed by atoms with Gasteiger partial charge >= 0.3 is 6.03 Å². The Labute approximate surface area is 158 Å². The van der Waals surface area contributed by atoms with Crippen LogP contribution in [0.15, 0.2) is 47.2 Å². The van der Waals surface area contributed by atoms with Crippen molar-refractivity contribution < 1.29 is 9.32 Å². The second-order valence-corrected chi connectivity index (χ2v) is 6.88. The molecule has 1 N–H and O–H groups in total. The zero-order valence-corrected chi connectivity index (χ0v) is 15.4. The molecule has 1 aliphatic rings. The molecule has 0 unspecified atom stereocenters. The molecule has 4 rings (SSSR count). The van der Waals surface area contributed by atoms with Crippen molar-refractivity contribution in [2.24, 2.45) is 0 Å². The Morgan fingerprint density at radius 3 is 2.93 bits per heavy atom. The number of benzene rings is 1. The number of hydrogen-bond acceptors (Lipinski definition) is 4. The molecule has 0 bridgehead atoms. The molecule has 7 nitrogen and oxygen atoms in total. The van der Waals surface area contributed by atoms with E-state index in [0.29, 0.717) is 13.1 Å². The van der Waals surface area contributed by atoms with Crippen molar-refractivity contribution in [3.05, 3.63) is 65.3 Å². The van der Waals surface area contributed by atoms with Crippen molar-refractivity contribution in [1.29, 1.82) is 0 Å². The smallest absolute Gasteiger partial charge is 0.317 e. The number of fused-ring (bicyclic) bond motifs is 1. The fourth-order valence-corrected chi connectivity index (χ4v) is 3.36. The molecule has 2 aromatic heterocycles. The molecule has 2 amide bonds. The van der Waals surface area contributed by atoms with Gasteiger partial charge in [-0.3, -0.25) is 0 Å². The highest BCUT2D eigenvalue weighted by atomic mass is 16.5. The third-order valence-corrected chi connectivity index (χ3v) is 4.87. The first-order valence-electron chi connectivity index (χ1n) is 9.25. The lowest BCUT2D eigenvalue weighted by molar-refractivity contribution is 0.205. The fraction of sp³-hybridized carbons (Fsp3) is 0.350. The van der Waals surface area contributed by atoms with Crippen LogP contribution in [0.4, 0.5) is 4.79 Å². The number of carbonyl (C=O) groups excluding carboxylic acids is 1. The van der Waals surface area contributed by atoms with Gasteiger partial charge in [0.1, 0.15) is 11.5 Å². The van der Waals surface area contributed by atoms with Crippen molar-refractivity contribution in [1.82, 2.24) is 25.2 Å². The average Bonchev–Trinajstić information content (AvgIpc) is 3.34. The molecule has 0 aliphatic heterocycles. The molecule has 0 saturated carbocycles. The molecule has 0 fully saturated rings. The maximum absolute atomic E-state index is 12.4. The minimum absolute atomic E-state index is 0.143. The van der Waals surface area contributed by atoms with E-state index in [4.69, 9.17) is 4.52 Å². The van der Waals surface area contributed by atoms with Gasteiger partial charge in [-0.1, -0.05) is 23.4 Å². The van der Waals surface area contributed by atoms with Gasteiger partial charge in [0.2, 0.25) is 0 Å². The molecule has 140 valence electrons. The largest absolute Gasteiger partial charge is 0.361 e. The molecular formula is C20H23N5O2. The molecule has 2 heterocycles. The van der Waals surface area contributed by atoms with E-state index in [2.05, 4.69) is 15.6 Å². The van der Waals surface area contributed by atoms with Crippen molar-refractivity contribution >= 4 is 6.03 Å². The third-order valence-electron chi connectivity index (χ3n) is 4.87. The fourth-order valence-electron chi connectivity index (χ4n) is 3.36. The summed E-state index contributed by atoms with van der Waals surface area (Å²) in [6.07, 6.45) is 7.92. The van der Waals surface area contributed by atoms with E-state index in [0.717, 1.165) is 48.4 Å². The SMILES string of the molecule is CN(Cc1noc2c1CCCC2)C(=O)NCc1cnn(-c2ccccc2)c1. The van der Waals surface area contributed by atoms with Crippen LogP contribution in [-0.4, -0.2) is 32.9 Å². The molecule has 27 heavy (non-hydrogen) atoms. The van der Waals surface area contributed by atoms with E-state index in [1.807, 2.05) is 36.5 Å². The van der Waals surface area contributed by atoms with Gasteiger partial charge in [0.25, 0.3) is 0 Å². The molecule has 0 atom stereocenters. The summed E-state index contributed by atoms with van der Waals surface area (Å²) in [5, 5.41) is 11.4. The van der Waals surface area contributed by atoms with Gasteiger partial charge in [0.15, 0.2) is 0 Å². The summed E-state index contributed by atoms with van der Waals surface area (Å²) in [4.78, 5) is 14.0. The summed E-state index contributed by atoms with van der Waals surface area (Å²) in [6.45, 7) is 0.876. The van der Waals surface area contributed by atoms with Gasteiger partial charge < -0.3 is 14.7 Å². The first kappa shape index (κ1) is 17.3. The number of aryl methyl sites for hydroxylation is 1. The van der Waals surface area contributed by atoms with Gasteiger partial charge in [-0.2, -0.15) is 5.10 Å². The quantitative estimate of drug-likeness (QED) is 0.754. The zero-order chi connectivity index (χ0) is 18.6. The Bertz CT molecular complexity index is 916. The highest BCUT2D eigenvalue weighted by Crippen LogP contribution is 2.24. The summed E-state index contributed by atoms with van der Waals surface area (Å²) < 4.78 is 7.22. The van der Waals surface area contributed by atoms with Gasteiger partial charge in [-0.25, -0.2) is 9.48 Å². The van der Waals surface area contributed by atoms with Crippen molar-refractivity contribution in [2.45, 2.75) is 38.8 Å². The summed E-state index contributed by atoms with van der Waals surface area (Å²) in [7, 11) is 1.77. The number of amides is 2. The Hall–Kier alpha value is -3.09. The van der Waals surface area contributed by atoms with E-state index in [1.165, 1.54) is 5.56 Å². The summed E-state index contributed by atoms with van der Waals surface area (Å²) in [5.74, 6) is 0.985. The lowest BCUT2D eigenvalue weighted by Gasteiger charge is -2.17. The highest BCUT2D eigenvalue weighted by molar-refractivity contribution is 5.73. The lowest BCUT2D eigenvalue weighted by atomic mass is 9.96. The Kier molecular flexibility index (Phi) is 4.91. The number of nitrogens with one attached hydrogen (secondary N) is 1. The lowest BCUT2D eigenvalue weighted by Crippen LogP contribution is -2.36. The van der Waals surface area contributed by atoms with E-state index in [1.54, 1.807) is 22.8 Å². The minimum atomic E-state index is -0.143. The van der Waals surface area contributed by atoms with E-state index >= 15 is 0 Å². The number of nitrogens with zero attached hydrogens (tertiary/aromatic N) is 4. The van der Waals surface area contributed by atoms with Crippen LogP contribution in [0, 0.1) is 0 Å². The van der Waals surface area contributed by atoms with Crippen LogP contribution in [0.2, 0.25) is 0 Å². The molecule has 0 radical (unpaired) electrons. The topological polar surface area (TPSA) is 76.2 Å². The van der Waals surface area contributed by atoms with Gasteiger partial charge in [-0.15, -0.1) is 0 Å². The van der Waals surface area contributed by atoms with Crippen molar-refractivity contribution in [3.8, 4) is 5.69 Å². The minimum Gasteiger partial charge on any atom is -0.361 e. The van der Waals surface area contributed by atoms with Crippen LogP contribution in [0.1, 0.15) is 35.4 Å². The molecule has 0 spiro atoms. The van der Waals surface area contributed by atoms with Gasteiger partial charge in [0.05, 0.1) is 18.4 Å². The summed E-state index contributed by atoms with van der Waals surface area (Å²) in [6, 6.07) is 9.74. The van der Waals surface area contributed by atoms with E-state index < -0.39 is 0 Å². The summed E-state index contributed by atoms with van der Waals surface area (Å²) >= 11 is 0. The Balaban J connectivity index is 1.33. The standard InChI is InChI=1S/C20H23N5O2/c1-24(14-18-17-9-5-6-10-19(17)27-23-18)20(26)21-11-15-12-22-25(13-15)16-7-3-2-4-8-16/h2-4,7-8,12-13H,5-6,9-11,14H2,1H3,(H,21,26). The maximum Gasteiger partial charge on any atom is 0.317 e. The molecule has 7 heteroatoms. The first-order chi connectivity index (χ1) is 13.2. The zero-order valence-electron chi connectivity index (χ0n) is 15.4. The number of rotatable bonds is 5. The molecular weight excluding hydrogens is 342 g/mol. The van der Waals surface area contributed by atoms with E-state index in [-0.39, 0.29) is 6.03 Å². The Morgan fingerprint density at radius 2 is 2.07 bits per heavy atom. The van der Waals surface area contributed by atoms with Crippen LogP contribution < -0.4 is 5.32 Å². The molecule has 1 aliphatic carbocycles. The normalized spacial score (nSPS) is 13.2. The number of carbonyl (C=O) groups is 1. The van der Waals surface area contributed by atoms with Crippen LogP contribution in [0.3, 0.4) is 0 Å².